The smallest absolute Gasteiger partial charge is 0.0876 e. The van der Waals surface area contributed by atoms with Crippen LogP contribution in [0, 0.1) is 0 Å². The summed E-state index contributed by atoms with van der Waals surface area (Å²) in [6.45, 7) is 1.74. The van der Waals surface area contributed by atoms with E-state index < -0.39 is 11.1 Å². The first-order valence-electron chi connectivity index (χ1n) is 6.01. The van der Waals surface area contributed by atoms with Crippen LogP contribution in [0.1, 0.15) is 32.1 Å². The Morgan fingerprint density at radius 1 is 1.27 bits per heavy atom. The van der Waals surface area contributed by atoms with Crippen molar-refractivity contribution < 1.29 is 9.84 Å². The average molecular weight is 212 g/mol. The van der Waals surface area contributed by atoms with Gasteiger partial charge in [-0.1, -0.05) is 0 Å². The van der Waals surface area contributed by atoms with Crippen molar-refractivity contribution in [3.05, 3.63) is 0 Å². The lowest BCUT2D eigenvalue weighted by atomic mass is 9.67. The topological polar surface area (TPSA) is 67.5 Å². The van der Waals surface area contributed by atoms with Gasteiger partial charge in [0.2, 0.25) is 0 Å². The summed E-state index contributed by atoms with van der Waals surface area (Å²) in [5.41, 5.74) is 5.25. The number of aliphatic hydroxyl groups is 1. The van der Waals surface area contributed by atoms with Gasteiger partial charge in [-0.25, -0.2) is 0 Å². The standard InChI is InChI=1S/C11H20N2O2/c12-11(7-8-1-2-9(11)15-8)10(14)3-5-13-6-4-10/h8-9,13-14H,1-7,12H2. The minimum Gasteiger partial charge on any atom is -0.388 e. The lowest BCUT2D eigenvalue weighted by molar-refractivity contribution is -0.0829. The highest BCUT2D eigenvalue weighted by Crippen LogP contribution is 2.48. The van der Waals surface area contributed by atoms with Crippen LogP contribution < -0.4 is 11.1 Å². The first-order chi connectivity index (χ1) is 7.14. The number of hydrogen-bond acceptors (Lipinski definition) is 4. The molecule has 3 aliphatic rings. The zero-order valence-electron chi connectivity index (χ0n) is 9.04. The van der Waals surface area contributed by atoms with Gasteiger partial charge in [-0.2, -0.15) is 0 Å². The molecule has 3 aliphatic heterocycles. The Hall–Kier alpha value is -0.160. The Labute approximate surface area is 90.2 Å². The van der Waals surface area contributed by atoms with Crippen LogP contribution in [0.15, 0.2) is 0 Å². The first-order valence-corrected chi connectivity index (χ1v) is 6.01. The number of ether oxygens (including phenoxy) is 1. The van der Waals surface area contributed by atoms with E-state index in [-0.39, 0.29) is 6.10 Å². The van der Waals surface area contributed by atoms with Crippen molar-refractivity contribution in [1.82, 2.24) is 5.32 Å². The highest BCUT2D eigenvalue weighted by Gasteiger charge is 2.60. The monoisotopic (exact) mass is 212 g/mol. The zero-order valence-corrected chi connectivity index (χ0v) is 9.04. The Kier molecular flexibility index (Phi) is 2.12. The van der Waals surface area contributed by atoms with E-state index in [1.807, 2.05) is 0 Å². The molecule has 0 aromatic carbocycles. The molecule has 0 amide bonds. The third-order valence-corrected chi connectivity index (χ3v) is 4.54. The minimum atomic E-state index is -0.710. The molecule has 3 atom stereocenters. The summed E-state index contributed by atoms with van der Waals surface area (Å²) in [7, 11) is 0. The molecule has 3 saturated heterocycles. The maximum atomic E-state index is 10.7. The minimum absolute atomic E-state index is 0.0885. The molecule has 0 saturated carbocycles. The van der Waals surface area contributed by atoms with Crippen molar-refractivity contribution in [2.75, 3.05) is 13.1 Å². The van der Waals surface area contributed by atoms with E-state index >= 15 is 0 Å². The van der Waals surface area contributed by atoms with Crippen LogP contribution in [0.4, 0.5) is 0 Å². The third kappa shape index (κ3) is 1.29. The summed E-state index contributed by atoms with van der Waals surface area (Å²) in [5, 5.41) is 14.0. The third-order valence-electron chi connectivity index (χ3n) is 4.54. The van der Waals surface area contributed by atoms with Crippen molar-refractivity contribution in [2.45, 2.75) is 55.5 Å². The Bertz CT molecular complexity index is 265. The largest absolute Gasteiger partial charge is 0.388 e. The second-order valence-corrected chi connectivity index (χ2v) is 5.35. The van der Waals surface area contributed by atoms with Gasteiger partial charge in [0, 0.05) is 0 Å². The van der Waals surface area contributed by atoms with E-state index in [1.54, 1.807) is 0 Å². The molecule has 86 valence electrons. The summed E-state index contributed by atoms with van der Waals surface area (Å²) >= 11 is 0. The number of hydrogen-bond donors (Lipinski definition) is 3. The Morgan fingerprint density at radius 3 is 2.53 bits per heavy atom. The second kappa shape index (κ2) is 3.17. The fourth-order valence-corrected chi connectivity index (χ4v) is 3.54. The van der Waals surface area contributed by atoms with Gasteiger partial charge >= 0.3 is 0 Å². The van der Waals surface area contributed by atoms with E-state index in [2.05, 4.69) is 5.32 Å². The van der Waals surface area contributed by atoms with Gasteiger partial charge in [0.05, 0.1) is 23.3 Å². The molecule has 0 aliphatic carbocycles. The normalized spacial score (nSPS) is 48.4. The van der Waals surface area contributed by atoms with Crippen LogP contribution >= 0.6 is 0 Å². The first kappa shape index (κ1) is 10.0. The predicted molar refractivity (Wildman–Crippen MR) is 56.5 cm³/mol. The van der Waals surface area contributed by atoms with E-state index in [0.29, 0.717) is 6.10 Å². The summed E-state index contributed by atoms with van der Waals surface area (Å²) in [4.78, 5) is 0. The van der Waals surface area contributed by atoms with E-state index in [0.717, 1.165) is 45.2 Å². The van der Waals surface area contributed by atoms with Crippen molar-refractivity contribution >= 4 is 0 Å². The van der Waals surface area contributed by atoms with Gasteiger partial charge in [-0.05, 0) is 45.2 Å². The fourth-order valence-electron chi connectivity index (χ4n) is 3.54. The Morgan fingerprint density at radius 2 is 2.00 bits per heavy atom. The van der Waals surface area contributed by atoms with Crippen molar-refractivity contribution in [3.8, 4) is 0 Å². The van der Waals surface area contributed by atoms with Gasteiger partial charge in [-0.3, -0.25) is 0 Å². The molecule has 0 spiro atoms. The quantitative estimate of drug-likeness (QED) is 0.561. The van der Waals surface area contributed by atoms with Gasteiger partial charge in [0.1, 0.15) is 0 Å². The number of nitrogens with two attached hydrogens (primary N) is 1. The predicted octanol–water partition coefficient (Wildman–Crippen LogP) is -0.250. The van der Waals surface area contributed by atoms with Crippen molar-refractivity contribution in [2.24, 2.45) is 5.73 Å². The zero-order chi connectivity index (χ0) is 10.5. The lowest BCUT2D eigenvalue weighted by Crippen LogP contribution is -2.68. The molecule has 3 unspecified atom stereocenters. The number of fused-ring (bicyclic) bond motifs is 2. The molecule has 4 heteroatoms. The average Bonchev–Trinajstić information content (AvgIpc) is 2.79. The van der Waals surface area contributed by atoms with Crippen LogP contribution in [-0.2, 0) is 4.74 Å². The molecule has 0 aromatic heterocycles. The summed E-state index contributed by atoms with van der Waals surface area (Å²) in [5.74, 6) is 0. The van der Waals surface area contributed by atoms with Gasteiger partial charge < -0.3 is 20.9 Å². The Balaban J connectivity index is 1.85. The van der Waals surface area contributed by atoms with Gasteiger partial charge in [0.15, 0.2) is 0 Å². The molecule has 15 heavy (non-hydrogen) atoms. The summed E-state index contributed by atoms with van der Waals surface area (Å²) in [6.07, 6.45) is 4.90. The number of piperidine rings is 1. The van der Waals surface area contributed by atoms with Crippen LogP contribution in [-0.4, -0.2) is 41.5 Å². The van der Waals surface area contributed by atoms with Crippen LogP contribution in [0.3, 0.4) is 0 Å². The molecule has 0 radical (unpaired) electrons. The van der Waals surface area contributed by atoms with E-state index in [1.165, 1.54) is 0 Å². The van der Waals surface area contributed by atoms with Crippen molar-refractivity contribution in [3.63, 3.8) is 0 Å². The number of rotatable bonds is 1. The lowest BCUT2D eigenvalue weighted by Gasteiger charge is -2.48. The van der Waals surface area contributed by atoms with E-state index in [4.69, 9.17) is 10.5 Å². The summed E-state index contributed by atoms with van der Waals surface area (Å²) < 4.78 is 5.80. The molecule has 0 aromatic rings. The van der Waals surface area contributed by atoms with Crippen LogP contribution in [0.25, 0.3) is 0 Å². The van der Waals surface area contributed by atoms with E-state index in [9.17, 15) is 5.11 Å². The molecule has 4 nitrogen and oxygen atoms in total. The molecule has 4 N–H and O–H groups in total. The van der Waals surface area contributed by atoms with Crippen molar-refractivity contribution in [1.29, 1.82) is 0 Å². The highest BCUT2D eigenvalue weighted by molar-refractivity contribution is 5.16. The molecule has 3 fully saturated rings. The van der Waals surface area contributed by atoms with Gasteiger partial charge in [-0.15, -0.1) is 0 Å². The van der Waals surface area contributed by atoms with Crippen LogP contribution in [0.2, 0.25) is 0 Å². The molecule has 3 heterocycles. The van der Waals surface area contributed by atoms with Crippen LogP contribution in [0.5, 0.6) is 0 Å². The SMILES string of the molecule is NC1(C2(O)CCNCC2)CC2CCC1O2. The summed E-state index contributed by atoms with van der Waals surface area (Å²) in [6, 6.07) is 0. The molecule has 3 rings (SSSR count). The molecular formula is C11H20N2O2. The number of nitrogens with one attached hydrogen (secondary N) is 1. The maximum absolute atomic E-state index is 10.7. The highest BCUT2D eigenvalue weighted by atomic mass is 16.5. The molecule has 2 bridgehead atoms. The fraction of sp³-hybridized carbons (Fsp3) is 1.00. The second-order valence-electron chi connectivity index (χ2n) is 5.35. The van der Waals surface area contributed by atoms with Gasteiger partial charge in [0.25, 0.3) is 0 Å². The molecular weight excluding hydrogens is 192 g/mol. The maximum Gasteiger partial charge on any atom is 0.0876 e.